The van der Waals surface area contributed by atoms with Gasteiger partial charge in [-0.15, -0.1) is 0 Å². The Morgan fingerprint density at radius 2 is 1.92 bits per heavy atom. The number of rotatable bonds is 5. The molecule has 9 heteroatoms. The van der Waals surface area contributed by atoms with Crippen LogP contribution >= 0.6 is 24.0 Å². The normalized spacial score (nSPS) is 20.5. The van der Waals surface area contributed by atoms with Gasteiger partial charge in [-0.3, -0.25) is 24.7 Å². The lowest BCUT2D eigenvalue weighted by Crippen LogP contribution is -2.42. The van der Waals surface area contributed by atoms with Crippen LogP contribution in [0, 0.1) is 10.1 Å². The van der Waals surface area contributed by atoms with E-state index in [-0.39, 0.29) is 11.6 Å². The number of morpholine rings is 1. The van der Waals surface area contributed by atoms with E-state index in [0.29, 0.717) is 15.8 Å². The van der Waals surface area contributed by atoms with E-state index in [1.807, 2.05) is 0 Å². The van der Waals surface area contributed by atoms with Crippen LogP contribution in [-0.4, -0.2) is 64.3 Å². The van der Waals surface area contributed by atoms with Crippen LogP contribution in [-0.2, 0) is 9.53 Å². The lowest BCUT2D eigenvalue weighted by Gasteiger charge is -2.28. The number of hydrogen-bond donors (Lipinski definition) is 0. The molecular weight excluding hydrogens is 362 g/mol. The Balaban J connectivity index is 1.64. The fourth-order valence-electron chi connectivity index (χ4n) is 2.60. The van der Waals surface area contributed by atoms with Crippen molar-refractivity contribution in [2.45, 2.75) is 0 Å². The molecule has 1 amide bonds. The van der Waals surface area contributed by atoms with E-state index in [1.54, 1.807) is 23.1 Å². The summed E-state index contributed by atoms with van der Waals surface area (Å²) in [7, 11) is 0. The van der Waals surface area contributed by atoms with Crippen LogP contribution in [0.3, 0.4) is 0 Å². The summed E-state index contributed by atoms with van der Waals surface area (Å²) in [5.41, 5.74) is 0.759. The molecule has 2 saturated heterocycles. The average molecular weight is 379 g/mol. The summed E-state index contributed by atoms with van der Waals surface area (Å²) in [6.45, 7) is 4.50. The van der Waals surface area contributed by atoms with E-state index in [2.05, 4.69) is 4.90 Å². The van der Waals surface area contributed by atoms with Crippen molar-refractivity contribution in [2.75, 3.05) is 39.4 Å². The first-order valence-corrected chi connectivity index (χ1v) is 9.07. The van der Waals surface area contributed by atoms with E-state index < -0.39 is 4.92 Å². The number of amides is 1. The lowest BCUT2D eigenvalue weighted by molar-refractivity contribution is -0.384. The topological polar surface area (TPSA) is 75.9 Å². The molecule has 2 aliphatic heterocycles. The highest BCUT2D eigenvalue weighted by molar-refractivity contribution is 8.26. The molecule has 2 fully saturated rings. The molecule has 0 bridgehead atoms. The molecule has 1 aromatic rings. The number of ether oxygens (including phenoxy) is 1. The predicted molar refractivity (Wildman–Crippen MR) is 100 cm³/mol. The molecule has 2 aliphatic rings. The van der Waals surface area contributed by atoms with Gasteiger partial charge in [-0.05, 0) is 23.8 Å². The van der Waals surface area contributed by atoms with Crippen molar-refractivity contribution in [3.05, 3.63) is 44.8 Å². The van der Waals surface area contributed by atoms with Crippen molar-refractivity contribution in [2.24, 2.45) is 0 Å². The van der Waals surface area contributed by atoms with Gasteiger partial charge in [-0.1, -0.05) is 24.0 Å². The smallest absolute Gasteiger partial charge is 0.269 e. The Morgan fingerprint density at radius 1 is 1.24 bits per heavy atom. The third kappa shape index (κ3) is 4.43. The number of thiocarbonyl (C=S) groups is 1. The standard InChI is InChI=1S/C16H17N3O4S2/c20-15-14(11-12-1-3-13(4-2-12)19(21)22)25-16(24)18(15)6-5-17-7-9-23-10-8-17/h1-4,11H,5-10H2/b14-11-. The SMILES string of the molecule is O=C1/C(=C/c2ccc([N+](=O)[O-])cc2)SC(=S)N1CCN1CCOCC1. The van der Waals surface area contributed by atoms with Crippen LogP contribution in [0.2, 0.25) is 0 Å². The minimum absolute atomic E-state index is 0.0233. The molecule has 3 rings (SSSR count). The van der Waals surface area contributed by atoms with Crippen molar-refractivity contribution in [3.8, 4) is 0 Å². The molecule has 0 atom stereocenters. The van der Waals surface area contributed by atoms with Crippen LogP contribution in [0.15, 0.2) is 29.2 Å². The molecule has 0 spiro atoms. The highest BCUT2D eigenvalue weighted by Crippen LogP contribution is 2.32. The quantitative estimate of drug-likeness (QED) is 0.336. The van der Waals surface area contributed by atoms with E-state index in [0.717, 1.165) is 38.4 Å². The number of benzene rings is 1. The van der Waals surface area contributed by atoms with Crippen LogP contribution < -0.4 is 0 Å². The second-order valence-electron chi connectivity index (χ2n) is 5.64. The van der Waals surface area contributed by atoms with E-state index in [9.17, 15) is 14.9 Å². The van der Waals surface area contributed by atoms with Crippen molar-refractivity contribution in [1.29, 1.82) is 0 Å². The van der Waals surface area contributed by atoms with E-state index >= 15 is 0 Å². The number of non-ortho nitro benzene ring substituents is 1. The fourth-order valence-corrected chi connectivity index (χ4v) is 3.91. The second-order valence-corrected chi connectivity index (χ2v) is 7.31. The van der Waals surface area contributed by atoms with Crippen molar-refractivity contribution in [3.63, 3.8) is 0 Å². The number of nitro groups is 1. The summed E-state index contributed by atoms with van der Waals surface area (Å²) in [5, 5.41) is 10.7. The van der Waals surface area contributed by atoms with E-state index in [1.165, 1.54) is 23.9 Å². The highest BCUT2D eigenvalue weighted by Gasteiger charge is 2.32. The third-order valence-electron chi connectivity index (χ3n) is 4.02. The van der Waals surface area contributed by atoms with Crippen molar-refractivity contribution < 1.29 is 14.5 Å². The molecule has 0 aliphatic carbocycles. The molecule has 132 valence electrons. The number of thioether (sulfide) groups is 1. The summed E-state index contributed by atoms with van der Waals surface area (Å²) >= 11 is 6.59. The monoisotopic (exact) mass is 379 g/mol. The molecule has 0 radical (unpaired) electrons. The summed E-state index contributed by atoms with van der Waals surface area (Å²) in [6, 6.07) is 6.09. The van der Waals surface area contributed by atoms with Crippen molar-refractivity contribution >= 4 is 46.0 Å². The molecule has 0 unspecified atom stereocenters. The minimum atomic E-state index is -0.450. The Morgan fingerprint density at radius 3 is 2.56 bits per heavy atom. The zero-order valence-electron chi connectivity index (χ0n) is 13.4. The zero-order valence-corrected chi connectivity index (χ0v) is 15.1. The number of nitro benzene ring substituents is 1. The number of hydrogen-bond acceptors (Lipinski definition) is 7. The van der Waals surface area contributed by atoms with Gasteiger partial charge in [0.05, 0.1) is 23.0 Å². The first-order chi connectivity index (χ1) is 12.0. The summed E-state index contributed by atoms with van der Waals surface area (Å²) < 4.78 is 5.86. The predicted octanol–water partition coefficient (Wildman–Crippen LogP) is 2.13. The maximum atomic E-state index is 12.6. The van der Waals surface area contributed by atoms with Gasteiger partial charge in [0, 0.05) is 38.3 Å². The number of carbonyl (C=O) groups excluding carboxylic acids is 1. The van der Waals surface area contributed by atoms with Crippen LogP contribution in [0.4, 0.5) is 5.69 Å². The maximum Gasteiger partial charge on any atom is 0.269 e. The summed E-state index contributed by atoms with van der Waals surface area (Å²) in [5.74, 6) is -0.110. The molecule has 0 N–H and O–H groups in total. The van der Waals surface area contributed by atoms with Gasteiger partial charge in [0.1, 0.15) is 4.32 Å². The third-order valence-corrected chi connectivity index (χ3v) is 5.40. The Hall–Kier alpha value is -1.81. The molecule has 1 aromatic carbocycles. The van der Waals surface area contributed by atoms with Gasteiger partial charge < -0.3 is 4.74 Å². The lowest BCUT2D eigenvalue weighted by atomic mass is 10.2. The van der Waals surface area contributed by atoms with Gasteiger partial charge in [0.15, 0.2) is 0 Å². The second kappa shape index (κ2) is 8.05. The molecule has 0 aromatic heterocycles. The Kier molecular flexibility index (Phi) is 5.79. The summed E-state index contributed by atoms with van der Waals surface area (Å²) in [6.07, 6.45) is 1.72. The van der Waals surface area contributed by atoms with Gasteiger partial charge in [-0.2, -0.15) is 0 Å². The maximum absolute atomic E-state index is 12.6. The minimum Gasteiger partial charge on any atom is -0.379 e. The first kappa shape index (κ1) is 18.0. The van der Waals surface area contributed by atoms with Crippen LogP contribution in [0.25, 0.3) is 6.08 Å². The largest absolute Gasteiger partial charge is 0.379 e. The molecule has 2 heterocycles. The molecule has 7 nitrogen and oxygen atoms in total. The van der Waals surface area contributed by atoms with E-state index in [4.69, 9.17) is 17.0 Å². The van der Waals surface area contributed by atoms with Crippen LogP contribution in [0.1, 0.15) is 5.56 Å². The van der Waals surface area contributed by atoms with Gasteiger partial charge in [-0.25, -0.2) is 0 Å². The fraction of sp³-hybridized carbons (Fsp3) is 0.375. The number of carbonyl (C=O) groups is 1. The van der Waals surface area contributed by atoms with Gasteiger partial charge >= 0.3 is 0 Å². The van der Waals surface area contributed by atoms with Crippen LogP contribution in [0.5, 0.6) is 0 Å². The van der Waals surface area contributed by atoms with Crippen molar-refractivity contribution in [1.82, 2.24) is 9.80 Å². The van der Waals surface area contributed by atoms with Gasteiger partial charge in [0.2, 0.25) is 0 Å². The zero-order chi connectivity index (χ0) is 17.8. The molecule has 25 heavy (non-hydrogen) atoms. The number of nitrogens with zero attached hydrogens (tertiary/aromatic N) is 3. The molecular formula is C16H17N3O4S2. The first-order valence-electron chi connectivity index (χ1n) is 7.84. The Labute approximate surface area is 154 Å². The highest BCUT2D eigenvalue weighted by atomic mass is 32.2. The molecule has 0 saturated carbocycles. The average Bonchev–Trinajstić information content (AvgIpc) is 2.88. The summed E-state index contributed by atoms with van der Waals surface area (Å²) in [4.78, 5) is 27.2. The Bertz CT molecular complexity index is 715. The van der Waals surface area contributed by atoms with Gasteiger partial charge in [0.25, 0.3) is 11.6 Å².